The Bertz CT molecular complexity index is 1210. The number of aromatic nitrogens is 1. The highest BCUT2D eigenvalue weighted by atomic mass is 16.6. The summed E-state index contributed by atoms with van der Waals surface area (Å²) in [5.74, 6) is -0.905. The lowest BCUT2D eigenvalue weighted by molar-refractivity contribution is -0.164. The molecule has 1 amide bonds. The summed E-state index contributed by atoms with van der Waals surface area (Å²) in [6, 6.07) is 19.7. The lowest BCUT2D eigenvalue weighted by Gasteiger charge is -2.31. The molecule has 0 spiro atoms. The van der Waals surface area contributed by atoms with Gasteiger partial charge in [0.15, 0.2) is 17.2 Å². The van der Waals surface area contributed by atoms with E-state index in [0.29, 0.717) is 31.6 Å². The second-order valence-electron chi connectivity index (χ2n) is 9.04. The molecular formula is C29H32N2O7. The monoisotopic (exact) mass is 520 g/mol. The number of cyclic esters (lactones) is 1. The third kappa shape index (κ3) is 6.80. The summed E-state index contributed by atoms with van der Waals surface area (Å²) in [5.41, 5.74) is 0.750. The number of para-hydroxylation sites is 1. The van der Waals surface area contributed by atoms with E-state index < -0.39 is 42.0 Å². The van der Waals surface area contributed by atoms with Crippen LogP contribution in [0.1, 0.15) is 42.2 Å². The van der Waals surface area contributed by atoms with Gasteiger partial charge in [0.1, 0.15) is 30.1 Å². The molecule has 1 saturated heterocycles. The molecule has 4 rings (SSSR count). The van der Waals surface area contributed by atoms with Gasteiger partial charge in [-0.2, -0.15) is 0 Å². The summed E-state index contributed by atoms with van der Waals surface area (Å²) in [5, 5.41) is 13.0. The quantitative estimate of drug-likeness (QED) is 0.428. The van der Waals surface area contributed by atoms with Crippen LogP contribution in [0.3, 0.4) is 0 Å². The molecule has 2 N–H and O–H groups in total. The first-order chi connectivity index (χ1) is 18.5. The van der Waals surface area contributed by atoms with Crippen LogP contribution in [0.15, 0.2) is 72.9 Å². The molecule has 9 heteroatoms. The molecule has 1 fully saturated rings. The maximum absolute atomic E-state index is 13.1. The number of benzene rings is 2. The Labute approximate surface area is 221 Å². The molecule has 2 aromatic carbocycles. The number of esters is 1. The highest BCUT2D eigenvalue weighted by Gasteiger charge is 2.36. The first-order valence-electron chi connectivity index (χ1n) is 12.6. The molecule has 2 heterocycles. The Hall–Kier alpha value is -4.11. The van der Waals surface area contributed by atoms with Crippen molar-refractivity contribution in [2.75, 3.05) is 7.11 Å². The van der Waals surface area contributed by atoms with Gasteiger partial charge in [-0.3, -0.25) is 4.79 Å². The van der Waals surface area contributed by atoms with Gasteiger partial charge in [-0.25, -0.2) is 9.78 Å². The molecule has 3 aromatic rings. The Morgan fingerprint density at radius 3 is 2.50 bits per heavy atom. The second kappa shape index (κ2) is 12.9. The first kappa shape index (κ1) is 26.9. The predicted octanol–water partition coefficient (Wildman–Crippen LogP) is 4.04. The SMILES string of the molecule is COc1ccnc(C(=O)N[C@H]2CCC[C@H](Oc3ccccc3)[C@@H](OCc3ccccc3)[C@H](C)OC2=O)c1O. The number of aromatic hydroxyl groups is 1. The fraction of sp³-hybridized carbons (Fsp3) is 0.345. The average Bonchev–Trinajstić information content (AvgIpc) is 2.97. The minimum absolute atomic E-state index is 0.107. The van der Waals surface area contributed by atoms with Crippen molar-refractivity contribution in [3.63, 3.8) is 0 Å². The van der Waals surface area contributed by atoms with Crippen molar-refractivity contribution >= 4 is 11.9 Å². The number of ether oxygens (including phenoxy) is 4. The average molecular weight is 521 g/mol. The normalized spacial score (nSPS) is 21.8. The summed E-state index contributed by atoms with van der Waals surface area (Å²) in [6.45, 7) is 2.08. The van der Waals surface area contributed by atoms with Crippen LogP contribution in [0.2, 0.25) is 0 Å². The number of rotatable bonds is 8. The Kier molecular flexibility index (Phi) is 9.16. The van der Waals surface area contributed by atoms with Gasteiger partial charge in [0.25, 0.3) is 5.91 Å². The second-order valence-corrected chi connectivity index (χ2v) is 9.04. The number of pyridine rings is 1. The van der Waals surface area contributed by atoms with Gasteiger partial charge >= 0.3 is 5.97 Å². The van der Waals surface area contributed by atoms with E-state index in [1.54, 1.807) is 6.92 Å². The van der Waals surface area contributed by atoms with Gasteiger partial charge in [-0.05, 0) is 43.9 Å². The fourth-order valence-corrected chi connectivity index (χ4v) is 4.37. The molecule has 1 aromatic heterocycles. The van der Waals surface area contributed by atoms with Crippen molar-refractivity contribution in [2.45, 2.75) is 57.1 Å². The maximum atomic E-state index is 13.1. The van der Waals surface area contributed by atoms with Gasteiger partial charge in [0.2, 0.25) is 0 Å². The van der Waals surface area contributed by atoms with Crippen LogP contribution in [-0.2, 0) is 20.9 Å². The molecule has 1 aliphatic heterocycles. The maximum Gasteiger partial charge on any atom is 0.329 e. The minimum Gasteiger partial charge on any atom is -0.503 e. The van der Waals surface area contributed by atoms with Crippen LogP contribution in [0.4, 0.5) is 0 Å². The van der Waals surface area contributed by atoms with Crippen molar-refractivity contribution in [3.8, 4) is 17.2 Å². The van der Waals surface area contributed by atoms with E-state index in [1.807, 2.05) is 60.7 Å². The Morgan fingerprint density at radius 1 is 1.08 bits per heavy atom. The van der Waals surface area contributed by atoms with Crippen molar-refractivity contribution in [1.29, 1.82) is 0 Å². The fourth-order valence-electron chi connectivity index (χ4n) is 4.37. The number of nitrogens with zero attached hydrogens (tertiary/aromatic N) is 1. The summed E-state index contributed by atoms with van der Waals surface area (Å²) in [6.07, 6.45) is 1.14. The van der Waals surface area contributed by atoms with Crippen molar-refractivity contribution < 1.29 is 33.6 Å². The van der Waals surface area contributed by atoms with E-state index in [1.165, 1.54) is 19.4 Å². The van der Waals surface area contributed by atoms with Gasteiger partial charge in [0, 0.05) is 12.3 Å². The smallest absolute Gasteiger partial charge is 0.329 e. The third-order valence-corrected chi connectivity index (χ3v) is 6.34. The van der Waals surface area contributed by atoms with E-state index in [-0.39, 0.29) is 11.4 Å². The number of amides is 1. The van der Waals surface area contributed by atoms with Crippen LogP contribution in [0, 0.1) is 0 Å². The van der Waals surface area contributed by atoms with Crippen molar-refractivity contribution in [3.05, 3.63) is 84.2 Å². The molecule has 200 valence electrons. The van der Waals surface area contributed by atoms with Gasteiger partial charge in [-0.15, -0.1) is 0 Å². The van der Waals surface area contributed by atoms with E-state index in [9.17, 15) is 14.7 Å². The molecule has 0 unspecified atom stereocenters. The van der Waals surface area contributed by atoms with Crippen molar-refractivity contribution in [1.82, 2.24) is 10.3 Å². The first-order valence-corrected chi connectivity index (χ1v) is 12.6. The number of carbonyl (C=O) groups is 2. The zero-order chi connectivity index (χ0) is 26.9. The standard InChI is InChI=1S/C29H32N2O7/c1-19-27(36-18-20-10-5-3-6-11-20)24(38-21-12-7-4-8-13-21)15-9-14-22(29(34)37-19)31-28(33)25-26(32)23(35-2)16-17-30-25/h3-8,10-13,16-17,19,22,24,27,32H,9,14-15,18H2,1-2H3,(H,31,33)/t19-,22-,24-,27-/m0/s1. The minimum atomic E-state index is -0.942. The number of methoxy groups -OCH3 is 1. The molecular weight excluding hydrogens is 488 g/mol. The summed E-state index contributed by atoms with van der Waals surface area (Å²) in [7, 11) is 1.37. The number of nitrogens with one attached hydrogen (secondary N) is 1. The van der Waals surface area contributed by atoms with E-state index in [2.05, 4.69) is 10.3 Å². The highest BCUT2D eigenvalue weighted by molar-refractivity contribution is 5.97. The third-order valence-electron chi connectivity index (χ3n) is 6.34. The Balaban J connectivity index is 1.52. The molecule has 9 nitrogen and oxygen atoms in total. The summed E-state index contributed by atoms with van der Waals surface area (Å²) >= 11 is 0. The van der Waals surface area contributed by atoms with Gasteiger partial charge < -0.3 is 29.4 Å². The number of hydrogen-bond acceptors (Lipinski definition) is 8. The molecule has 0 radical (unpaired) electrons. The lowest BCUT2D eigenvalue weighted by Crippen LogP contribution is -2.46. The number of hydrogen-bond donors (Lipinski definition) is 2. The predicted molar refractivity (Wildman–Crippen MR) is 139 cm³/mol. The van der Waals surface area contributed by atoms with E-state index >= 15 is 0 Å². The lowest BCUT2D eigenvalue weighted by atomic mass is 10.0. The van der Waals surface area contributed by atoms with E-state index in [0.717, 1.165) is 5.56 Å². The summed E-state index contributed by atoms with van der Waals surface area (Å²) < 4.78 is 23.5. The molecule has 1 aliphatic rings. The zero-order valence-corrected chi connectivity index (χ0v) is 21.4. The number of carbonyl (C=O) groups excluding carboxylic acids is 2. The molecule has 0 aliphatic carbocycles. The summed E-state index contributed by atoms with van der Waals surface area (Å²) in [4.78, 5) is 30.0. The molecule has 0 bridgehead atoms. The highest BCUT2D eigenvalue weighted by Crippen LogP contribution is 2.28. The van der Waals surface area contributed by atoms with E-state index in [4.69, 9.17) is 18.9 Å². The molecule has 0 saturated carbocycles. The molecule has 4 atom stereocenters. The van der Waals surface area contributed by atoms with Crippen LogP contribution in [0.25, 0.3) is 0 Å². The molecule has 38 heavy (non-hydrogen) atoms. The Morgan fingerprint density at radius 2 is 1.79 bits per heavy atom. The zero-order valence-electron chi connectivity index (χ0n) is 21.4. The van der Waals surface area contributed by atoms with Crippen LogP contribution >= 0.6 is 0 Å². The van der Waals surface area contributed by atoms with Crippen molar-refractivity contribution in [2.24, 2.45) is 0 Å². The largest absolute Gasteiger partial charge is 0.503 e. The van der Waals surface area contributed by atoms with Gasteiger partial charge in [0.05, 0.1) is 13.7 Å². The van der Waals surface area contributed by atoms with Gasteiger partial charge in [-0.1, -0.05) is 48.5 Å². The van der Waals surface area contributed by atoms with Crippen LogP contribution in [-0.4, -0.2) is 53.4 Å². The topological polar surface area (TPSA) is 116 Å². The van der Waals surface area contributed by atoms with Crippen LogP contribution in [0.5, 0.6) is 17.2 Å². The van der Waals surface area contributed by atoms with Crippen LogP contribution < -0.4 is 14.8 Å².